The minimum Gasteiger partial charge on any atom is -0.493 e. The van der Waals surface area contributed by atoms with Crippen LogP contribution in [0, 0.1) is 0 Å². The van der Waals surface area contributed by atoms with Crippen LogP contribution in [-0.4, -0.2) is 32.5 Å². The molecule has 2 N–H and O–H groups in total. The summed E-state index contributed by atoms with van der Waals surface area (Å²) >= 11 is 0. The van der Waals surface area contributed by atoms with Crippen LogP contribution in [0.15, 0.2) is 84.9 Å². The molecular formula is C51H72N2O5. The molecule has 0 radical (unpaired) electrons. The van der Waals surface area contributed by atoms with Crippen LogP contribution in [0.4, 0.5) is 4.79 Å². The molecular weight excluding hydrogens is 721 g/mol. The lowest BCUT2D eigenvalue weighted by atomic mass is 10.0. The largest absolute Gasteiger partial charge is 0.493 e. The molecule has 0 aromatic heterocycles. The highest BCUT2D eigenvalue weighted by Crippen LogP contribution is 2.32. The van der Waals surface area contributed by atoms with E-state index in [1.54, 1.807) is 0 Å². The van der Waals surface area contributed by atoms with Gasteiger partial charge in [-0.3, -0.25) is 0 Å². The highest BCUT2D eigenvalue weighted by atomic mass is 16.5. The Balaban J connectivity index is 1.29. The Labute approximate surface area is 350 Å². The Hall–Kier alpha value is -4.65. The topological polar surface area (TPSA) is 78.1 Å². The number of nitrogens with one attached hydrogen (secondary N) is 2. The SMILES string of the molecule is CCCCCCOc1cc(OCCCCCC)cc(-c2ccc(CNC(=O)NCc3ccc(-c4cc(OCCCCCC)cc(OCCCCCC)c4)cc3)cc2)c1. The van der Waals surface area contributed by atoms with Crippen molar-refractivity contribution in [3.05, 3.63) is 96.1 Å². The van der Waals surface area contributed by atoms with Gasteiger partial charge in [0.2, 0.25) is 0 Å². The molecule has 4 aromatic carbocycles. The Morgan fingerprint density at radius 1 is 0.379 bits per heavy atom. The standard InChI is InChI=1S/C51H72N2O5/c1-5-9-13-17-29-55-47-33-45(34-48(37-47)56-30-18-14-10-6-2)43-25-21-41(22-26-43)39-52-51(54)53-40-42-23-27-44(28-24-42)46-35-49(57-31-19-15-11-7-3)38-50(36-46)58-32-20-16-12-8-4/h21-28,33-38H,5-20,29-32,39-40H2,1-4H3,(H2,52,53,54). The first-order valence-electron chi connectivity index (χ1n) is 22.5. The first-order chi connectivity index (χ1) is 28.5. The van der Waals surface area contributed by atoms with Crippen molar-refractivity contribution < 1.29 is 23.7 Å². The van der Waals surface area contributed by atoms with Crippen LogP contribution in [-0.2, 0) is 13.1 Å². The van der Waals surface area contributed by atoms with Crippen molar-refractivity contribution >= 4 is 6.03 Å². The highest BCUT2D eigenvalue weighted by Gasteiger charge is 2.10. The van der Waals surface area contributed by atoms with E-state index < -0.39 is 0 Å². The van der Waals surface area contributed by atoms with Crippen molar-refractivity contribution in [3.63, 3.8) is 0 Å². The Morgan fingerprint density at radius 3 is 0.948 bits per heavy atom. The van der Waals surface area contributed by atoms with Gasteiger partial charge in [-0.15, -0.1) is 0 Å². The maximum atomic E-state index is 12.8. The van der Waals surface area contributed by atoms with Gasteiger partial charge < -0.3 is 29.6 Å². The normalized spacial score (nSPS) is 11.0. The van der Waals surface area contributed by atoms with Gasteiger partial charge in [0.1, 0.15) is 23.0 Å². The van der Waals surface area contributed by atoms with E-state index >= 15 is 0 Å². The van der Waals surface area contributed by atoms with E-state index in [1.165, 1.54) is 77.0 Å². The van der Waals surface area contributed by atoms with Crippen molar-refractivity contribution in [3.8, 4) is 45.3 Å². The van der Waals surface area contributed by atoms with Crippen LogP contribution < -0.4 is 29.6 Å². The van der Waals surface area contributed by atoms with Crippen molar-refractivity contribution in [2.45, 2.75) is 144 Å². The average Bonchev–Trinajstić information content (AvgIpc) is 3.25. The fourth-order valence-corrected chi connectivity index (χ4v) is 6.74. The number of amides is 2. The fourth-order valence-electron chi connectivity index (χ4n) is 6.74. The van der Waals surface area contributed by atoms with E-state index in [0.29, 0.717) is 39.5 Å². The summed E-state index contributed by atoms with van der Waals surface area (Å²) < 4.78 is 24.7. The number of carbonyl (C=O) groups excluding carboxylic acids is 1. The zero-order valence-electron chi connectivity index (χ0n) is 36.2. The molecule has 7 heteroatoms. The van der Waals surface area contributed by atoms with E-state index in [2.05, 4.69) is 111 Å². The molecule has 4 rings (SSSR count). The number of ether oxygens (including phenoxy) is 4. The third-order valence-corrected chi connectivity index (χ3v) is 10.3. The van der Waals surface area contributed by atoms with Crippen LogP contribution in [0.3, 0.4) is 0 Å². The number of rotatable bonds is 30. The summed E-state index contributed by atoms with van der Waals surface area (Å²) in [4.78, 5) is 12.8. The van der Waals surface area contributed by atoms with Crippen LogP contribution in [0.25, 0.3) is 22.3 Å². The summed E-state index contributed by atoms with van der Waals surface area (Å²) in [6.07, 6.45) is 18.7. The second-order valence-electron chi connectivity index (χ2n) is 15.5. The van der Waals surface area contributed by atoms with E-state index in [1.807, 2.05) is 12.1 Å². The molecule has 2 amide bonds. The zero-order valence-corrected chi connectivity index (χ0v) is 36.2. The molecule has 58 heavy (non-hydrogen) atoms. The number of urea groups is 1. The van der Waals surface area contributed by atoms with Crippen molar-refractivity contribution in [2.75, 3.05) is 26.4 Å². The number of unbranched alkanes of at least 4 members (excludes halogenated alkanes) is 12. The molecule has 0 atom stereocenters. The first-order valence-corrected chi connectivity index (χ1v) is 22.5. The molecule has 4 aromatic rings. The molecule has 0 bridgehead atoms. The lowest BCUT2D eigenvalue weighted by Crippen LogP contribution is -2.34. The molecule has 0 fully saturated rings. The summed E-state index contributed by atoms with van der Waals surface area (Å²) in [6.45, 7) is 12.6. The highest BCUT2D eigenvalue weighted by molar-refractivity contribution is 5.74. The van der Waals surface area contributed by atoms with E-state index in [0.717, 1.165) is 82.1 Å². The van der Waals surface area contributed by atoms with Gasteiger partial charge in [0.15, 0.2) is 0 Å². The fraction of sp³-hybridized carbons (Fsp3) is 0.510. The van der Waals surface area contributed by atoms with Crippen LogP contribution >= 0.6 is 0 Å². The lowest BCUT2D eigenvalue weighted by Gasteiger charge is -2.14. The van der Waals surface area contributed by atoms with Crippen molar-refractivity contribution in [2.24, 2.45) is 0 Å². The molecule has 0 aliphatic rings. The summed E-state index contributed by atoms with van der Waals surface area (Å²) in [5.41, 5.74) is 6.33. The third-order valence-electron chi connectivity index (χ3n) is 10.3. The molecule has 0 saturated carbocycles. The second kappa shape index (κ2) is 27.9. The van der Waals surface area contributed by atoms with Gasteiger partial charge in [0.05, 0.1) is 26.4 Å². The smallest absolute Gasteiger partial charge is 0.315 e. The minimum atomic E-state index is -0.206. The van der Waals surface area contributed by atoms with Gasteiger partial charge in [-0.05, 0) is 83.3 Å². The second-order valence-corrected chi connectivity index (χ2v) is 15.5. The Morgan fingerprint density at radius 2 is 0.672 bits per heavy atom. The zero-order chi connectivity index (χ0) is 41.0. The molecule has 316 valence electrons. The van der Waals surface area contributed by atoms with Crippen molar-refractivity contribution in [1.82, 2.24) is 10.6 Å². The predicted molar refractivity (Wildman–Crippen MR) is 241 cm³/mol. The first kappa shape index (κ1) is 46.0. The number of hydrogen-bond acceptors (Lipinski definition) is 5. The molecule has 0 aliphatic heterocycles. The monoisotopic (exact) mass is 793 g/mol. The number of carbonyl (C=O) groups is 1. The van der Waals surface area contributed by atoms with Crippen LogP contribution in [0.2, 0.25) is 0 Å². The number of hydrogen-bond donors (Lipinski definition) is 2. The molecule has 0 unspecified atom stereocenters. The summed E-state index contributed by atoms with van der Waals surface area (Å²) in [6, 6.07) is 28.9. The quantitative estimate of drug-likeness (QED) is 0.0514. The van der Waals surface area contributed by atoms with E-state index in [4.69, 9.17) is 18.9 Å². The summed E-state index contributed by atoms with van der Waals surface area (Å²) in [7, 11) is 0. The van der Waals surface area contributed by atoms with Gasteiger partial charge in [0, 0.05) is 25.2 Å². The maximum absolute atomic E-state index is 12.8. The summed E-state index contributed by atoms with van der Waals surface area (Å²) in [5, 5.41) is 6.02. The third kappa shape index (κ3) is 17.9. The van der Waals surface area contributed by atoms with Gasteiger partial charge in [-0.2, -0.15) is 0 Å². The Bertz CT molecular complexity index is 1520. The average molecular weight is 793 g/mol. The van der Waals surface area contributed by atoms with Gasteiger partial charge >= 0.3 is 6.03 Å². The minimum absolute atomic E-state index is 0.206. The predicted octanol–water partition coefficient (Wildman–Crippen LogP) is 13.9. The summed E-state index contributed by atoms with van der Waals surface area (Å²) in [5.74, 6) is 3.37. The van der Waals surface area contributed by atoms with Crippen molar-refractivity contribution in [1.29, 1.82) is 0 Å². The van der Waals surface area contributed by atoms with E-state index in [9.17, 15) is 4.79 Å². The van der Waals surface area contributed by atoms with Gasteiger partial charge in [-0.1, -0.05) is 153 Å². The molecule has 7 nitrogen and oxygen atoms in total. The van der Waals surface area contributed by atoms with Crippen LogP contribution in [0.5, 0.6) is 23.0 Å². The molecule has 0 aliphatic carbocycles. The maximum Gasteiger partial charge on any atom is 0.315 e. The lowest BCUT2D eigenvalue weighted by molar-refractivity contribution is 0.240. The molecule has 0 spiro atoms. The molecule has 0 saturated heterocycles. The van der Waals surface area contributed by atoms with Gasteiger partial charge in [0.25, 0.3) is 0 Å². The number of benzene rings is 4. The Kier molecular flexibility index (Phi) is 22.1. The molecule has 0 heterocycles. The van der Waals surface area contributed by atoms with E-state index in [-0.39, 0.29) is 6.03 Å². The van der Waals surface area contributed by atoms with Crippen LogP contribution in [0.1, 0.15) is 142 Å². The van der Waals surface area contributed by atoms with Gasteiger partial charge in [-0.25, -0.2) is 4.79 Å².